The summed E-state index contributed by atoms with van der Waals surface area (Å²) in [6, 6.07) is 3.50. The van der Waals surface area contributed by atoms with Crippen LogP contribution in [0.1, 0.15) is 0 Å². The van der Waals surface area contributed by atoms with Gasteiger partial charge in [0, 0.05) is 5.39 Å². The molecular formula is C8H6O7S2. The summed E-state index contributed by atoms with van der Waals surface area (Å²) in [5.74, 6) is 0. The fourth-order valence-electron chi connectivity index (χ4n) is 1.44. The zero-order chi connectivity index (χ0) is 12.8. The van der Waals surface area contributed by atoms with Crippen LogP contribution in [0.4, 0.5) is 0 Å². The molecule has 0 amide bonds. The minimum absolute atomic E-state index is 0.282. The maximum atomic E-state index is 11.1. The molecule has 0 aliphatic heterocycles. The highest BCUT2D eigenvalue weighted by molar-refractivity contribution is 7.89. The van der Waals surface area contributed by atoms with E-state index in [1.807, 2.05) is 0 Å². The van der Waals surface area contributed by atoms with Gasteiger partial charge in [0.25, 0.3) is 20.2 Å². The van der Waals surface area contributed by atoms with Gasteiger partial charge in [0.1, 0.15) is 4.90 Å². The molecular weight excluding hydrogens is 272 g/mol. The van der Waals surface area contributed by atoms with Gasteiger partial charge >= 0.3 is 0 Å². The summed E-state index contributed by atoms with van der Waals surface area (Å²) >= 11 is 0. The lowest BCUT2D eigenvalue weighted by molar-refractivity contribution is 0.464. The predicted octanol–water partition coefficient (Wildman–Crippen LogP) is 0.926. The minimum Gasteiger partial charge on any atom is -0.463 e. The average molecular weight is 278 g/mol. The Morgan fingerprint density at radius 1 is 0.941 bits per heavy atom. The first-order valence-corrected chi connectivity index (χ1v) is 7.04. The van der Waals surface area contributed by atoms with E-state index in [2.05, 4.69) is 0 Å². The molecule has 0 saturated heterocycles. The lowest BCUT2D eigenvalue weighted by atomic mass is 10.2. The SMILES string of the molecule is O=S(=O)(O)c1ccc2ccoc2c1S(=O)(=O)O. The van der Waals surface area contributed by atoms with Gasteiger partial charge in [0.05, 0.1) is 6.26 Å². The summed E-state index contributed by atoms with van der Waals surface area (Å²) in [4.78, 5) is -1.90. The summed E-state index contributed by atoms with van der Waals surface area (Å²) in [6.45, 7) is 0. The maximum absolute atomic E-state index is 11.1. The summed E-state index contributed by atoms with van der Waals surface area (Å²) in [6.07, 6.45) is 1.13. The van der Waals surface area contributed by atoms with Crippen LogP contribution in [0.2, 0.25) is 0 Å². The van der Waals surface area contributed by atoms with E-state index in [1.165, 1.54) is 12.1 Å². The van der Waals surface area contributed by atoms with Crippen molar-refractivity contribution in [3.8, 4) is 0 Å². The standard InChI is InChI=1S/C8H6O7S2/c9-16(10,11)6-2-1-5-3-4-15-7(5)8(6)17(12,13)14/h1-4H,(H,9,10,11)(H,12,13,14). The van der Waals surface area contributed by atoms with Crippen LogP contribution in [-0.4, -0.2) is 25.9 Å². The Morgan fingerprint density at radius 3 is 2.12 bits per heavy atom. The van der Waals surface area contributed by atoms with Crippen LogP contribution in [0.5, 0.6) is 0 Å². The molecule has 0 spiro atoms. The van der Waals surface area contributed by atoms with Gasteiger partial charge in [-0.2, -0.15) is 16.8 Å². The third-order valence-electron chi connectivity index (χ3n) is 2.08. The number of furan rings is 1. The van der Waals surface area contributed by atoms with Gasteiger partial charge in [-0.25, -0.2) is 0 Å². The van der Waals surface area contributed by atoms with Gasteiger partial charge in [-0.1, -0.05) is 0 Å². The van der Waals surface area contributed by atoms with Crippen molar-refractivity contribution >= 4 is 31.2 Å². The molecule has 7 nitrogen and oxygen atoms in total. The smallest absolute Gasteiger partial charge is 0.299 e. The Labute approximate surface area is 96.2 Å². The monoisotopic (exact) mass is 278 g/mol. The van der Waals surface area contributed by atoms with Crippen LogP contribution in [0.15, 0.2) is 38.7 Å². The van der Waals surface area contributed by atoms with Gasteiger partial charge in [-0.05, 0) is 18.2 Å². The summed E-state index contributed by atoms with van der Waals surface area (Å²) in [5, 5.41) is 0.282. The van der Waals surface area contributed by atoms with E-state index in [0.717, 1.165) is 12.3 Å². The Hall–Kier alpha value is -1.42. The van der Waals surface area contributed by atoms with Crippen molar-refractivity contribution in [2.75, 3.05) is 0 Å². The predicted molar refractivity (Wildman–Crippen MR) is 55.8 cm³/mol. The molecule has 0 unspecified atom stereocenters. The van der Waals surface area contributed by atoms with Crippen LogP contribution in [-0.2, 0) is 20.2 Å². The number of fused-ring (bicyclic) bond motifs is 1. The highest BCUT2D eigenvalue weighted by atomic mass is 32.2. The fourth-order valence-corrected chi connectivity index (χ4v) is 3.36. The largest absolute Gasteiger partial charge is 0.463 e. The van der Waals surface area contributed by atoms with E-state index < -0.39 is 30.0 Å². The van der Waals surface area contributed by atoms with Gasteiger partial charge < -0.3 is 4.42 Å². The molecule has 1 aromatic heterocycles. The van der Waals surface area contributed by atoms with Gasteiger partial charge in [0.2, 0.25) is 0 Å². The summed E-state index contributed by atoms with van der Waals surface area (Å²) < 4.78 is 66.9. The topological polar surface area (TPSA) is 122 Å². The number of benzene rings is 1. The van der Waals surface area contributed by atoms with Crippen LogP contribution >= 0.6 is 0 Å². The molecule has 0 aliphatic rings. The number of hydrogen-bond donors (Lipinski definition) is 2. The first-order chi connectivity index (χ1) is 7.71. The second kappa shape index (κ2) is 3.53. The quantitative estimate of drug-likeness (QED) is 0.783. The third-order valence-corrected chi connectivity index (χ3v) is 4.02. The molecule has 1 aromatic carbocycles. The van der Waals surface area contributed by atoms with Crippen molar-refractivity contribution in [1.29, 1.82) is 0 Å². The van der Waals surface area contributed by atoms with Crippen molar-refractivity contribution in [3.63, 3.8) is 0 Å². The first-order valence-electron chi connectivity index (χ1n) is 4.16. The molecule has 0 bridgehead atoms. The fraction of sp³-hybridized carbons (Fsp3) is 0. The van der Waals surface area contributed by atoms with E-state index in [-0.39, 0.29) is 11.0 Å². The first kappa shape index (κ1) is 12.0. The van der Waals surface area contributed by atoms with E-state index >= 15 is 0 Å². The molecule has 17 heavy (non-hydrogen) atoms. The van der Waals surface area contributed by atoms with Crippen molar-refractivity contribution in [1.82, 2.24) is 0 Å². The number of hydrogen-bond acceptors (Lipinski definition) is 5. The average Bonchev–Trinajstić information content (AvgIpc) is 2.59. The normalized spacial score (nSPS) is 13.1. The highest BCUT2D eigenvalue weighted by Crippen LogP contribution is 2.30. The molecule has 0 fully saturated rings. The Morgan fingerprint density at radius 2 is 1.59 bits per heavy atom. The van der Waals surface area contributed by atoms with Crippen LogP contribution in [0.3, 0.4) is 0 Å². The van der Waals surface area contributed by atoms with Crippen molar-refractivity contribution in [2.45, 2.75) is 9.79 Å². The number of rotatable bonds is 2. The van der Waals surface area contributed by atoms with Crippen LogP contribution < -0.4 is 0 Å². The summed E-state index contributed by atoms with van der Waals surface area (Å²) in [7, 11) is -9.63. The van der Waals surface area contributed by atoms with E-state index in [1.54, 1.807) is 0 Å². The molecule has 2 aromatic rings. The molecule has 0 saturated carbocycles. The van der Waals surface area contributed by atoms with Crippen molar-refractivity contribution < 1.29 is 30.4 Å². The van der Waals surface area contributed by atoms with Gasteiger partial charge in [-0.15, -0.1) is 0 Å². The van der Waals surface area contributed by atoms with E-state index in [4.69, 9.17) is 13.5 Å². The molecule has 2 rings (SSSR count). The molecule has 0 radical (unpaired) electrons. The lowest BCUT2D eigenvalue weighted by Crippen LogP contribution is -2.08. The Kier molecular flexibility index (Phi) is 2.51. The van der Waals surface area contributed by atoms with Crippen molar-refractivity contribution in [3.05, 3.63) is 24.5 Å². The Balaban J connectivity index is 3.06. The summed E-state index contributed by atoms with van der Waals surface area (Å²) in [5.41, 5.74) is -0.331. The lowest BCUT2D eigenvalue weighted by Gasteiger charge is -2.04. The van der Waals surface area contributed by atoms with Crippen LogP contribution in [0.25, 0.3) is 11.0 Å². The van der Waals surface area contributed by atoms with Crippen molar-refractivity contribution in [2.24, 2.45) is 0 Å². The third kappa shape index (κ3) is 2.05. The highest BCUT2D eigenvalue weighted by Gasteiger charge is 2.28. The second-order valence-corrected chi connectivity index (χ2v) is 5.93. The molecule has 0 atom stereocenters. The maximum Gasteiger partial charge on any atom is 0.299 e. The minimum atomic E-state index is -4.85. The zero-order valence-corrected chi connectivity index (χ0v) is 9.69. The van der Waals surface area contributed by atoms with E-state index in [9.17, 15) is 16.8 Å². The molecule has 0 aliphatic carbocycles. The zero-order valence-electron chi connectivity index (χ0n) is 8.06. The van der Waals surface area contributed by atoms with Crippen LogP contribution in [0, 0.1) is 0 Å². The van der Waals surface area contributed by atoms with E-state index in [0.29, 0.717) is 0 Å². The molecule has 9 heteroatoms. The van der Waals surface area contributed by atoms with Gasteiger partial charge in [0.15, 0.2) is 10.5 Å². The van der Waals surface area contributed by atoms with Gasteiger partial charge in [-0.3, -0.25) is 9.11 Å². The Bertz CT molecular complexity index is 782. The molecule has 92 valence electrons. The molecule has 1 heterocycles. The molecule has 2 N–H and O–H groups in total. The second-order valence-electron chi connectivity index (χ2n) is 3.18.